The number of imidazole rings is 1. The predicted octanol–water partition coefficient (Wildman–Crippen LogP) is 2.19. The molecule has 4 aromatic heterocycles. The van der Waals surface area contributed by atoms with Crippen LogP contribution in [-0.4, -0.2) is 35.5 Å². The Labute approximate surface area is 151 Å². The van der Waals surface area contributed by atoms with Crippen molar-refractivity contribution in [3.8, 4) is 22.3 Å². The second kappa shape index (κ2) is 6.45. The molecule has 0 radical (unpaired) electrons. The van der Waals surface area contributed by atoms with E-state index in [1.54, 1.807) is 18.3 Å². The van der Waals surface area contributed by atoms with Gasteiger partial charge in [0.2, 0.25) is 5.75 Å². The number of hydrogen-bond donors (Lipinski definition) is 3. The highest BCUT2D eigenvalue weighted by Gasteiger charge is 2.20. The highest BCUT2D eigenvalue weighted by molar-refractivity contribution is 7.13. The molecular weight excluding hydrogens is 354 g/mol. The highest BCUT2D eigenvalue weighted by atomic mass is 32.1. The predicted molar refractivity (Wildman–Crippen MR) is 95.0 cm³/mol. The van der Waals surface area contributed by atoms with Gasteiger partial charge < -0.3 is 19.9 Å². The lowest BCUT2D eigenvalue weighted by atomic mass is 10.3. The molecule has 0 atom stereocenters. The van der Waals surface area contributed by atoms with Crippen LogP contribution in [0.2, 0.25) is 0 Å². The first-order valence-corrected chi connectivity index (χ1v) is 8.54. The first-order chi connectivity index (χ1) is 12.6. The maximum absolute atomic E-state index is 12.4. The summed E-state index contributed by atoms with van der Waals surface area (Å²) in [6.45, 7) is 0.152. The molecule has 4 rings (SSSR count). The Morgan fingerprint density at radius 2 is 2.04 bits per heavy atom. The molecule has 0 saturated carbocycles. The average Bonchev–Trinajstić information content (AvgIpc) is 3.31. The van der Waals surface area contributed by atoms with Gasteiger partial charge in [0.15, 0.2) is 11.5 Å². The molecule has 26 heavy (non-hydrogen) atoms. The standard InChI is InChI=1S/C17H13N5O3S/c23-14-13(20-15(21-17(14)25)11-4-3-7-26-11)16(24)18-8-10-9-22-6-2-1-5-12(22)19-10/h1-7,9,23H,8H2,(H,18,24)(H,20,21,25). The van der Waals surface area contributed by atoms with Crippen molar-refractivity contribution in [3.05, 3.63) is 59.5 Å². The van der Waals surface area contributed by atoms with Crippen LogP contribution in [0, 0.1) is 0 Å². The third-order valence-corrected chi connectivity index (χ3v) is 4.53. The molecule has 0 aromatic carbocycles. The normalized spacial score (nSPS) is 10.9. The van der Waals surface area contributed by atoms with Gasteiger partial charge in [0, 0.05) is 12.4 Å². The number of carbonyl (C=O) groups is 1. The Balaban J connectivity index is 1.57. The summed E-state index contributed by atoms with van der Waals surface area (Å²) in [5.41, 5.74) is 1.13. The van der Waals surface area contributed by atoms with Crippen LogP contribution < -0.4 is 5.32 Å². The van der Waals surface area contributed by atoms with Gasteiger partial charge in [-0.05, 0) is 23.6 Å². The zero-order valence-electron chi connectivity index (χ0n) is 13.3. The minimum atomic E-state index is -0.655. The van der Waals surface area contributed by atoms with Crippen molar-refractivity contribution < 1.29 is 15.0 Å². The van der Waals surface area contributed by atoms with Gasteiger partial charge in [-0.3, -0.25) is 4.79 Å². The second-order valence-electron chi connectivity index (χ2n) is 5.43. The SMILES string of the molecule is O=C(NCc1cn2ccccc2n1)c1nc(-c2cccs2)nc(O)c1O. The minimum Gasteiger partial charge on any atom is -0.501 e. The van der Waals surface area contributed by atoms with Gasteiger partial charge in [-0.1, -0.05) is 12.1 Å². The second-order valence-corrected chi connectivity index (χ2v) is 6.37. The quantitative estimate of drug-likeness (QED) is 0.510. The topological polar surface area (TPSA) is 113 Å². The number of rotatable bonds is 4. The molecule has 0 bridgehead atoms. The number of nitrogens with one attached hydrogen (secondary N) is 1. The molecule has 8 nitrogen and oxygen atoms in total. The molecular formula is C17H13N5O3S. The van der Waals surface area contributed by atoms with E-state index in [1.807, 2.05) is 34.2 Å². The average molecular weight is 367 g/mol. The van der Waals surface area contributed by atoms with Crippen LogP contribution in [-0.2, 0) is 6.54 Å². The van der Waals surface area contributed by atoms with Gasteiger partial charge in [0.1, 0.15) is 5.65 Å². The number of nitrogens with zero attached hydrogens (tertiary/aromatic N) is 4. The van der Waals surface area contributed by atoms with E-state index in [1.165, 1.54) is 11.3 Å². The number of aromatic hydroxyl groups is 2. The fraction of sp³-hybridized carbons (Fsp3) is 0.0588. The molecule has 1 amide bonds. The maximum Gasteiger partial charge on any atom is 0.274 e. The first kappa shape index (κ1) is 16.0. The maximum atomic E-state index is 12.4. The number of thiophene rings is 1. The number of amides is 1. The number of hydrogen-bond acceptors (Lipinski definition) is 7. The van der Waals surface area contributed by atoms with E-state index in [4.69, 9.17) is 0 Å². The van der Waals surface area contributed by atoms with Gasteiger partial charge in [0.25, 0.3) is 11.8 Å². The lowest BCUT2D eigenvalue weighted by Crippen LogP contribution is -2.24. The third-order valence-electron chi connectivity index (χ3n) is 3.67. The summed E-state index contributed by atoms with van der Waals surface area (Å²) in [7, 11) is 0. The van der Waals surface area contributed by atoms with Crippen LogP contribution in [0.5, 0.6) is 11.6 Å². The van der Waals surface area contributed by atoms with Crippen LogP contribution in [0.3, 0.4) is 0 Å². The monoisotopic (exact) mass is 367 g/mol. The molecule has 0 saturated heterocycles. The summed E-state index contributed by atoms with van der Waals surface area (Å²) in [4.78, 5) is 25.4. The number of fused-ring (bicyclic) bond motifs is 1. The van der Waals surface area contributed by atoms with Crippen molar-refractivity contribution in [2.45, 2.75) is 6.54 Å². The Hall–Kier alpha value is -3.46. The van der Waals surface area contributed by atoms with E-state index in [9.17, 15) is 15.0 Å². The number of carbonyl (C=O) groups excluding carboxylic acids is 1. The zero-order valence-corrected chi connectivity index (χ0v) is 14.1. The molecule has 0 aliphatic carbocycles. The van der Waals surface area contributed by atoms with Gasteiger partial charge in [0.05, 0.1) is 17.1 Å². The van der Waals surface area contributed by atoms with E-state index < -0.39 is 17.5 Å². The Bertz CT molecular complexity index is 1060. The van der Waals surface area contributed by atoms with Crippen molar-refractivity contribution in [2.75, 3.05) is 0 Å². The Morgan fingerprint density at radius 3 is 2.81 bits per heavy atom. The molecule has 4 aromatic rings. The molecule has 0 aliphatic heterocycles. The molecule has 0 spiro atoms. The van der Waals surface area contributed by atoms with Gasteiger partial charge in [-0.15, -0.1) is 11.3 Å². The molecule has 4 heterocycles. The third kappa shape index (κ3) is 2.95. The fourth-order valence-corrected chi connectivity index (χ4v) is 3.10. The van der Waals surface area contributed by atoms with E-state index in [2.05, 4.69) is 20.3 Å². The zero-order chi connectivity index (χ0) is 18.1. The minimum absolute atomic E-state index is 0.152. The van der Waals surface area contributed by atoms with Crippen LogP contribution in [0.4, 0.5) is 0 Å². The molecule has 3 N–H and O–H groups in total. The molecule has 0 unspecified atom stereocenters. The molecule has 0 fully saturated rings. The molecule has 0 aliphatic rings. The lowest BCUT2D eigenvalue weighted by molar-refractivity contribution is 0.0941. The van der Waals surface area contributed by atoms with Crippen molar-refractivity contribution in [3.63, 3.8) is 0 Å². The van der Waals surface area contributed by atoms with E-state index in [0.717, 1.165) is 5.65 Å². The smallest absolute Gasteiger partial charge is 0.274 e. The lowest BCUT2D eigenvalue weighted by Gasteiger charge is -2.07. The van der Waals surface area contributed by atoms with E-state index in [0.29, 0.717) is 10.6 Å². The summed E-state index contributed by atoms with van der Waals surface area (Å²) >= 11 is 1.36. The van der Waals surface area contributed by atoms with Gasteiger partial charge >= 0.3 is 0 Å². The summed E-state index contributed by atoms with van der Waals surface area (Å²) in [6, 6.07) is 9.17. The summed E-state index contributed by atoms with van der Waals surface area (Å²) in [5, 5.41) is 24.2. The van der Waals surface area contributed by atoms with Crippen LogP contribution >= 0.6 is 11.3 Å². The summed E-state index contributed by atoms with van der Waals surface area (Å²) < 4.78 is 1.84. The van der Waals surface area contributed by atoms with Gasteiger partial charge in [-0.2, -0.15) is 4.98 Å². The first-order valence-electron chi connectivity index (χ1n) is 7.66. The van der Waals surface area contributed by atoms with Crippen molar-refractivity contribution in [1.29, 1.82) is 0 Å². The van der Waals surface area contributed by atoms with Gasteiger partial charge in [-0.25, -0.2) is 9.97 Å². The summed E-state index contributed by atoms with van der Waals surface area (Å²) in [5.74, 6) is -1.75. The molecule has 130 valence electrons. The van der Waals surface area contributed by atoms with Crippen LogP contribution in [0.15, 0.2) is 48.1 Å². The van der Waals surface area contributed by atoms with Crippen LogP contribution in [0.1, 0.15) is 16.2 Å². The van der Waals surface area contributed by atoms with E-state index in [-0.39, 0.29) is 18.1 Å². The largest absolute Gasteiger partial charge is 0.501 e. The summed E-state index contributed by atoms with van der Waals surface area (Å²) in [6.07, 6.45) is 3.65. The Kier molecular flexibility index (Phi) is 3.98. The van der Waals surface area contributed by atoms with Crippen molar-refractivity contribution in [1.82, 2.24) is 24.7 Å². The van der Waals surface area contributed by atoms with Crippen molar-refractivity contribution >= 4 is 22.9 Å². The van der Waals surface area contributed by atoms with E-state index >= 15 is 0 Å². The number of aromatic nitrogens is 4. The fourth-order valence-electron chi connectivity index (χ4n) is 2.44. The molecule has 9 heteroatoms. The van der Waals surface area contributed by atoms with Crippen molar-refractivity contribution in [2.24, 2.45) is 0 Å². The van der Waals surface area contributed by atoms with Crippen LogP contribution in [0.25, 0.3) is 16.3 Å². The number of pyridine rings is 1. The highest BCUT2D eigenvalue weighted by Crippen LogP contribution is 2.30. The Morgan fingerprint density at radius 1 is 1.15 bits per heavy atom.